The van der Waals surface area contributed by atoms with Gasteiger partial charge in [-0.2, -0.15) is 0 Å². The third-order valence-corrected chi connectivity index (χ3v) is 3.43. The van der Waals surface area contributed by atoms with E-state index >= 15 is 0 Å². The fourth-order valence-electron chi connectivity index (χ4n) is 2.42. The van der Waals surface area contributed by atoms with Crippen LogP contribution in [0.25, 0.3) is 0 Å². The molecule has 3 N–H and O–H groups in total. The number of nitrogens with two attached hydrogens (primary N) is 1. The lowest BCUT2D eigenvalue weighted by Crippen LogP contribution is -2.38. The Morgan fingerprint density at radius 3 is 2.89 bits per heavy atom. The van der Waals surface area contributed by atoms with Crippen LogP contribution >= 0.6 is 12.2 Å². The molecule has 0 spiro atoms. The Kier molecular flexibility index (Phi) is 4.01. The molecule has 1 aromatic rings. The van der Waals surface area contributed by atoms with E-state index in [9.17, 15) is 4.39 Å². The minimum absolute atomic E-state index is 0.147. The summed E-state index contributed by atoms with van der Waals surface area (Å²) in [5.74, 6) is -0.231. The zero-order valence-electron chi connectivity index (χ0n) is 10.4. The molecule has 1 aliphatic rings. The van der Waals surface area contributed by atoms with Crippen LogP contribution in [0.4, 0.5) is 15.8 Å². The molecule has 0 aliphatic carbocycles. The average Bonchev–Trinajstić information content (AvgIpc) is 2.30. The van der Waals surface area contributed by atoms with Gasteiger partial charge in [0, 0.05) is 18.3 Å². The van der Waals surface area contributed by atoms with Crippen molar-refractivity contribution in [2.45, 2.75) is 32.2 Å². The molecule has 0 aromatic heterocycles. The summed E-state index contributed by atoms with van der Waals surface area (Å²) in [7, 11) is 0. The second-order valence-corrected chi connectivity index (χ2v) is 5.13. The number of nitrogens with one attached hydrogen (secondary N) is 1. The third-order valence-electron chi connectivity index (χ3n) is 3.33. The number of anilines is 2. The van der Waals surface area contributed by atoms with Crippen LogP contribution in [0.15, 0.2) is 18.2 Å². The first-order chi connectivity index (χ1) is 8.58. The van der Waals surface area contributed by atoms with Gasteiger partial charge in [-0.15, -0.1) is 0 Å². The van der Waals surface area contributed by atoms with Crippen LogP contribution in [0.1, 0.15) is 26.2 Å². The first-order valence-corrected chi connectivity index (χ1v) is 6.61. The van der Waals surface area contributed by atoms with Crippen molar-refractivity contribution in [2.75, 3.05) is 16.8 Å². The number of halogens is 1. The van der Waals surface area contributed by atoms with E-state index in [-0.39, 0.29) is 10.9 Å². The summed E-state index contributed by atoms with van der Waals surface area (Å²) in [5, 5.41) is 2.88. The van der Waals surface area contributed by atoms with Crippen LogP contribution in [0, 0.1) is 5.82 Å². The van der Waals surface area contributed by atoms with Gasteiger partial charge in [0.2, 0.25) is 0 Å². The zero-order valence-corrected chi connectivity index (χ0v) is 11.3. The highest BCUT2D eigenvalue weighted by Crippen LogP contribution is 2.28. The van der Waals surface area contributed by atoms with Gasteiger partial charge in [-0.25, -0.2) is 4.39 Å². The number of thiocarbonyl (C=S) groups is 1. The number of piperidine rings is 1. The summed E-state index contributed by atoms with van der Waals surface area (Å²) in [5.41, 5.74) is 6.62. The molecule has 0 bridgehead atoms. The summed E-state index contributed by atoms with van der Waals surface area (Å²) >= 11 is 4.73. The van der Waals surface area contributed by atoms with Gasteiger partial charge in [-0.3, -0.25) is 0 Å². The van der Waals surface area contributed by atoms with Gasteiger partial charge in [0.05, 0.1) is 5.69 Å². The number of hydrogen-bond acceptors (Lipinski definition) is 2. The first kappa shape index (κ1) is 13.1. The van der Waals surface area contributed by atoms with Crippen molar-refractivity contribution in [3.63, 3.8) is 0 Å². The van der Waals surface area contributed by atoms with Crippen molar-refractivity contribution in [1.82, 2.24) is 0 Å². The van der Waals surface area contributed by atoms with E-state index in [4.69, 9.17) is 18.0 Å². The van der Waals surface area contributed by atoms with E-state index in [2.05, 4.69) is 17.1 Å². The minimum Gasteiger partial charge on any atom is -0.376 e. The Bertz CT molecular complexity index is 450. The van der Waals surface area contributed by atoms with Crippen LogP contribution in [-0.4, -0.2) is 17.7 Å². The van der Waals surface area contributed by atoms with Crippen molar-refractivity contribution in [3.8, 4) is 0 Å². The first-order valence-electron chi connectivity index (χ1n) is 6.20. The Morgan fingerprint density at radius 2 is 2.28 bits per heavy atom. The van der Waals surface area contributed by atoms with Crippen LogP contribution in [0.2, 0.25) is 0 Å². The van der Waals surface area contributed by atoms with E-state index in [0.29, 0.717) is 17.4 Å². The maximum atomic E-state index is 14.1. The summed E-state index contributed by atoms with van der Waals surface area (Å²) in [6.07, 6.45) is 3.46. The molecule has 1 atom stereocenters. The minimum atomic E-state index is -0.231. The standard InChI is InChI=1S/C13H18FN3S/c1-9-4-2-3-7-17(9)12-6-5-10(8-11(12)14)16-13(15)18/h5-6,8-9H,2-4,7H2,1H3,(H3,15,16,18). The topological polar surface area (TPSA) is 41.3 Å². The molecule has 0 radical (unpaired) electrons. The van der Waals surface area contributed by atoms with Crippen LogP contribution in [0.3, 0.4) is 0 Å². The molecule has 1 aliphatic heterocycles. The van der Waals surface area contributed by atoms with Gasteiger partial charge in [-0.1, -0.05) is 0 Å². The van der Waals surface area contributed by atoms with Crippen molar-refractivity contribution < 1.29 is 4.39 Å². The highest BCUT2D eigenvalue weighted by Gasteiger charge is 2.21. The van der Waals surface area contributed by atoms with Crippen molar-refractivity contribution >= 4 is 28.7 Å². The SMILES string of the molecule is CC1CCCCN1c1ccc(NC(N)=S)cc1F. The zero-order chi connectivity index (χ0) is 13.1. The molecule has 1 unspecified atom stereocenters. The Labute approximate surface area is 112 Å². The van der Waals surface area contributed by atoms with Gasteiger partial charge in [0.25, 0.3) is 0 Å². The maximum absolute atomic E-state index is 14.1. The predicted octanol–water partition coefficient (Wildman–Crippen LogP) is 2.86. The maximum Gasteiger partial charge on any atom is 0.168 e. The number of nitrogens with zero attached hydrogens (tertiary/aromatic N) is 1. The van der Waals surface area contributed by atoms with Crippen LogP contribution < -0.4 is 16.0 Å². The summed E-state index contributed by atoms with van der Waals surface area (Å²) < 4.78 is 14.1. The lowest BCUT2D eigenvalue weighted by Gasteiger charge is -2.35. The molecule has 1 fully saturated rings. The molecule has 0 saturated carbocycles. The molecule has 3 nitrogen and oxygen atoms in total. The highest BCUT2D eigenvalue weighted by molar-refractivity contribution is 7.80. The molecule has 1 heterocycles. The molecular formula is C13H18FN3S. The van der Waals surface area contributed by atoms with Gasteiger partial charge in [0.1, 0.15) is 5.82 Å². The fourth-order valence-corrected chi connectivity index (χ4v) is 2.53. The Hall–Kier alpha value is -1.36. The average molecular weight is 267 g/mol. The molecule has 18 heavy (non-hydrogen) atoms. The summed E-state index contributed by atoms with van der Waals surface area (Å²) in [4.78, 5) is 2.13. The summed E-state index contributed by atoms with van der Waals surface area (Å²) in [6, 6.07) is 5.43. The van der Waals surface area contributed by atoms with E-state index < -0.39 is 0 Å². The molecule has 98 valence electrons. The monoisotopic (exact) mass is 267 g/mol. The molecule has 1 saturated heterocycles. The Balaban J connectivity index is 2.20. The molecular weight excluding hydrogens is 249 g/mol. The normalized spacial score (nSPS) is 19.7. The van der Waals surface area contributed by atoms with Crippen molar-refractivity contribution in [1.29, 1.82) is 0 Å². The highest BCUT2D eigenvalue weighted by atomic mass is 32.1. The molecule has 2 rings (SSSR count). The smallest absolute Gasteiger partial charge is 0.168 e. The van der Waals surface area contributed by atoms with E-state index in [1.807, 2.05) is 0 Å². The number of hydrogen-bond donors (Lipinski definition) is 2. The third kappa shape index (κ3) is 2.90. The Morgan fingerprint density at radius 1 is 1.50 bits per heavy atom. The van der Waals surface area contributed by atoms with E-state index in [1.165, 1.54) is 12.5 Å². The largest absolute Gasteiger partial charge is 0.376 e. The molecule has 1 aromatic carbocycles. The lowest BCUT2D eigenvalue weighted by atomic mass is 10.0. The molecule has 0 amide bonds. The summed E-state index contributed by atoms with van der Waals surface area (Å²) in [6.45, 7) is 3.06. The molecule has 5 heteroatoms. The van der Waals surface area contributed by atoms with Crippen LogP contribution in [0.5, 0.6) is 0 Å². The number of benzene rings is 1. The second-order valence-electron chi connectivity index (χ2n) is 4.69. The van der Waals surface area contributed by atoms with Gasteiger partial charge < -0.3 is 16.0 Å². The van der Waals surface area contributed by atoms with Crippen molar-refractivity contribution in [2.24, 2.45) is 5.73 Å². The number of rotatable bonds is 2. The van der Waals surface area contributed by atoms with Crippen molar-refractivity contribution in [3.05, 3.63) is 24.0 Å². The van der Waals surface area contributed by atoms with E-state index in [0.717, 1.165) is 19.4 Å². The van der Waals surface area contributed by atoms with Crippen LogP contribution in [-0.2, 0) is 0 Å². The quantitative estimate of drug-likeness (QED) is 0.809. The predicted molar refractivity (Wildman–Crippen MR) is 77.5 cm³/mol. The van der Waals surface area contributed by atoms with E-state index in [1.54, 1.807) is 12.1 Å². The fraction of sp³-hybridized carbons (Fsp3) is 0.462. The van der Waals surface area contributed by atoms with Gasteiger partial charge >= 0.3 is 0 Å². The van der Waals surface area contributed by atoms with Gasteiger partial charge in [0.15, 0.2) is 5.11 Å². The lowest BCUT2D eigenvalue weighted by molar-refractivity contribution is 0.476. The second kappa shape index (κ2) is 5.52. The van der Waals surface area contributed by atoms with Gasteiger partial charge in [-0.05, 0) is 56.6 Å².